The third-order valence-electron chi connectivity index (χ3n) is 4.51. The second-order valence-corrected chi connectivity index (χ2v) is 7.21. The summed E-state index contributed by atoms with van der Waals surface area (Å²) in [4.78, 5) is 51.6. The number of hydrogen-bond acceptors (Lipinski definition) is 6. The highest BCUT2D eigenvalue weighted by atomic mass is 16.4. The van der Waals surface area contributed by atoms with Crippen LogP contribution in [0.25, 0.3) is 0 Å². The molecule has 12 heteroatoms. The summed E-state index contributed by atoms with van der Waals surface area (Å²) in [7, 11) is 0. The maximum atomic E-state index is 12.7. The van der Waals surface area contributed by atoms with E-state index in [2.05, 4.69) is 15.6 Å². The second-order valence-electron chi connectivity index (χ2n) is 7.21. The number of nitrogens with one attached hydrogen (secondary N) is 2. The van der Waals surface area contributed by atoms with Gasteiger partial charge in [-0.15, -0.1) is 0 Å². The van der Waals surface area contributed by atoms with E-state index in [1.807, 2.05) is 30.3 Å². The number of primary amides is 1. The molecular formula is C20H31N7O5. The van der Waals surface area contributed by atoms with Crippen molar-refractivity contribution in [2.45, 2.75) is 50.2 Å². The Labute approximate surface area is 185 Å². The monoisotopic (exact) mass is 449 g/mol. The smallest absolute Gasteiger partial charge is 0.326 e. The minimum atomic E-state index is -1.26. The van der Waals surface area contributed by atoms with Crippen LogP contribution in [0.5, 0.6) is 0 Å². The summed E-state index contributed by atoms with van der Waals surface area (Å²) in [6.07, 6.45) is 0.302. The number of rotatable bonds is 14. The maximum Gasteiger partial charge on any atom is 0.326 e. The van der Waals surface area contributed by atoms with E-state index in [-0.39, 0.29) is 38.2 Å². The number of hydrogen-bond donors (Lipinski definition) is 7. The van der Waals surface area contributed by atoms with Crippen LogP contribution in [0.4, 0.5) is 0 Å². The van der Waals surface area contributed by atoms with E-state index in [0.29, 0.717) is 6.42 Å². The number of carboxylic acids is 1. The molecule has 0 spiro atoms. The first-order chi connectivity index (χ1) is 15.1. The average molecular weight is 450 g/mol. The van der Waals surface area contributed by atoms with Crippen LogP contribution in [0.15, 0.2) is 35.3 Å². The third-order valence-corrected chi connectivity index (χ3v) is 4.51. The number of aliphatic imine (C=N–C) groups is 1. The van der Waals surface area contributed by atoms with Crippen LogP contribution in [0.2, 0.25) is 0 Å². The molecule has 0 heterocycles. The van der Waals surface area contributed by atoms with Crippen molar-refractivity contribution >= 4 is 29.7 Å². The van der Waals surface area contributed by atoms with Gasteiger partial charge in [-0.25, -0.2) is 4.79 Å². The minimum absolute atomic E-state index is 0.0574. The number of carbonyl (C=O) groups is 4. The Hall–Kier alpha value is -3.67. The molecule has 3 amide bonds. The highest BCUT2D eigenvalue weighted by molar-refractivity contribution is 5.92. The van der Waals surface area contributed by atoms with Crippen LogP contribution in [-0.4, -0.2) is 59.4 Å². The molecule has 0 aromatic heterocycles. The number of carbonyl (C=O) groups excluding carboxylic acids is 3. The fourth-order valence-corrected chi connectivity index (χ4v) is 2.83. The number of nitrogens with zero attached hydrogens (tertiary/aromatic N) is 1. The Kier molecular flexibility index (Phi) is 11.2. The quantitative estimate of drug-likeness (QED) is 0.0945. The van der Waals surface area contributed by atoms with Crippen molar-refractivity contribution in [2.75, 3.05) is 6.54 Å². The summed E-state index contributed by atoms with van der Waals surface area (Å²) in [6, 6.07) is 5.70. The predicted octanol–water partition coefficient (Wildman–Crippen LogP) is -2.07. The van der Waals surface area contributed by atoms with Gasteiger partial charge in [-0.1, -0.05) is 30.3 Å². The molecule has 1 aromatic rings. The van der Waals surface area contributed by atoms with Crippen molar-refractivity contribution in [3.05, 3.63) is 35.9 Å². The van der Waals surface area contributed by atoms with Gasteiger partial charge in [0.2, 0.25) is 17.7 Å². The number of benzene rings is 1. The van der Waals surface area contributed by atoms with Gasteiger partial charge in [-0.05, 0) is 31.2 Å². The van der Waals surface area contributed by atoms with Crippen LogP contribution in [0.1, 0.15) is 31.2 Å². The standard InChI is InChI=1S/C20H31N7O5/c21-13(11-12-5-2-1-3-6-12)17(29)26-14(8-9-16(22)28)18(30)27-15(19(31)32)7-4-10-25-20(23)24/h1-3,5-6,13-15H,4,7-11,21H2,(H2,22,28)(H,26,29)(H,27,30)(H,31,32)(H4,23,24,25). The summed E-state index contributed by atoms with van der Waals surface area (Å²) in [5.41, 5.74) is 22.4. The minimum Gasteiger partial charge on any atom is -0.480 e. The molecule has 0 fully saturated rings. The van der Waals surface area contributed by atoms with E-state index in [1.54, 1.807) is 0 Å². The highest BCUT2D eigenvalue weighted by Gasteiger charge is 2.28. The van der Waals surface area contributed by atoms with Crippen molar-refractivity contribution < 1.29 is 24.3 Å². The molecule has 0 bridgehead atoms. The van der Waals surface area contributed by atoms with Gasteiger partial charge in [0, 0.05) is 13.0 Å². The van der Waals surface area contributed by atoms with Gasteiger partial charge < -0.3 is 38.7 Å². The van der Waals surface area contributed by atoms with Crippen LogP contribution in [0, 0.1) is 0 Å². The van der Waals surface area contributed by atoms with Gasteiger partial charge in [-0.3, -0.25) is 19.4 Å². The lowest BCUT2D eigenvalue weighted by molar-refractivity contribution is -0.142. The Morgan fingerprint density at radius 1 is 0.938 bits per heavy atom. The first-order valence-corrected chi connectivity index (χ1v) is 10.1. The Balaban J connectivity index is 2.78. The number of amides is 3. The van der Waals surface area contributed by atoms with Crippen molar-refractivity contribution in [2.24, 2.45) is 27.9 Å². The average Bonchev–Trinajstić information content (AvgIpc) is 2.73. The number of nitrogens with two attached hydrogens (primary N) is 4. The van der Waals surface area contributed by atoms with E-state index >= 15 is 0 Å². The lowest BCUT2D eigenvalue weighted by Gasteiger charge is -2.22. The van der Waals surface area contributed by atoms with E-state index in [0.717, 1.165) is 5.56 Å². The van der Waals surface area contributed by atoms with E-state index in [4.69, 9.17) is 22.9 Å². The first kappa shape index (κ1) is 26.4. The zero-order valence-corrected chi connectivity index (χ0v) is 17.7. The molecule has 0 saturated carbocycles. The molecule has 3 unspecified atom stereocenters. The van der Waals surface area contributed by atoms with Crippen LogP contribution >= 0.6 is 0 Å². The van der Waals surface area contributed by atoms with Crippen LogP contribution in [0.3, 0.4) is 0 Å². The molecule has 0 aliphatic carbocycles. The maximum absolute atomic E-state index is 12.7. The molecule has 0 aliphatic rings. The molecule has 0 aliphatic heterocycles. The molecule has 12 nitrogen and oxygen atoms in total. The van der Waals surface area contributed by atoms with Crippen LogP contribution < -0.4 is 33.6 Å². The summed E-state index contributed by atoms with van der Waals surface area (Å²) in [5.74, 6) is -3.43. The normalized spacial score (nSPS) is 13.3. The number of aliphatic carboxylic acids is 1. The molecular weight excluding hydrogens is 418 g/mol. The summed E-state index contributed by atoms with van der Waals surface area (Å²) in [6.45, 7) is 0.193. The topological polar surface area (TPSA) is 229 Å². The third kappa shape index (κ3) is 10.4. The molecule has 1 rings (SSSR count). The lowest BCUT2D eigenvalue weighted by atomic mass is 10.0. The molecule has 0 radical (unpaired) electrons. The van der Waals surface area contributed by atoms with Crippen LogP contribution in [-0.2, 0) is 25.6 Å². The molecule has 3 atom stereocenters. The summed E-state index contributed by atoms with van der Waals surface area (Å²) < 4.78 is 0. The van der Waals surface area contributed by atoms with Gasteiger partial charge in [0.15, 0.2) is 5.96 Å². The van der Waals surface area contributed by atoms with E-state index in [9.17, 15) is 24.3 Å². The van der Waals surface area contributed by atoms with Gasteiger partial charge in [0.1, 0.15) is 12.1 Å². The Morgan fingerprint density at radius 2 is 1.56 bits per heavy atom. The Bertz CT molecular complexity index is 812. The zero-order chi connectivity index (χ0) is 24.1. The van der Waals surface area contributed by atoms with E-state index in [1.165, 1.54) is 0 Å². The molecule has 176 valence electrons. The predicted molar refractivity (Wildman–Crippen MR) is 118 cm³/mol. The molecule has 0 saturated heterocycles. The van der Waals surface area contributed by atoms with Gasteiger partial charge in [0.05, 0.1) is 6.04 Å². The fourth-order valence-electron chi connectivity index (χ4n) is 2.83. The SMILES string of the molecule is NC(=O)CCC(NC(=O)C(N)Cc1ccccc1)C(=O)NC(CCCN=C(N)N)C(=O)O. The van der Waals surface area contributed by atoms with Crippen molar-refractivity contribution in [1.29, 1.82) is 0 Å². The fraction of sp³-hybridized carbons (Fsp3) is 0.450. The lowest BCUT2D eigenvalue weighted by Crippen LogP contribution is -2.55. The molecule has 1 aromatic carbocycles. The van der Waals surface area contributed by atoms with Crippen molar-refractivity contribution in [1.82, 2.24) is 10.6 Å². The van der Waals surface area contributed by atoms with Gasteiger partial charge in [-0.2, -0.15) is 0 Å². The largest absolute Gasteiger partial charge is 0.480 e. The zero-order valence-electron chi connectivity index (χ0n) is 17.7. The highest BCUT2D eigenvalue weighted by Crippen LogP contribution is 2.05. The van der Waals surface area contributed by atoms with Gasteiger partial charge >= 0.3 is 5.97 Å². The van der Waals surface area contributed by atoms with Crippen molar-refractivity contribution in [3.63, 3.8) is 0 Å². The van der Waals surface area contributed by atoms with E-state index < -0.39 is 41.8 Å². The second kappa shape index (κ2) is 13.6. The van der Waals surface area contributed by atoms with Crippen molar-refractivity contribution in [3.8, 4) is 0 Å². The summed E-state index contributed by atoms with van der Waals surface area (Å²) >= 11 is 0. The first-order valence-electron chi connectivity index (χ1n) is 10.1. The Morgan fingerprint density at radius 3 is 2.12 bits per heavy atom. The van der Waals surface area contributed by atoms with Gasteiger partial charge in [0.25, 0.3) is 0 Å². The number of guanidine groups is 1. The molecule has 11 N–H and O–H groups in total. The summed E-state index contributed by atoms with van der Waals surface area (Å²) in [5, 5.41) is 14.2. The molecule has 32 heavy (non-hydrogen) atoms. The number of carboxylic acid groups (broad SMARTS) is 1.